The Morgan fingerprint density at radius 2 is 1.59 bits per heavy atom. The fraction of sp³-hybridized carbons (Fsp3) is 0.179. The number of carbonyl (C=O) groups is 3. The molecule has 0 radical (unpaired) electrons. The van der Waals surface area contributed by atoms with Crippen LogP contribution >= 0.6 is 29.4 Å². The molecule has 0 spiro atoms. The van der Waals surface area contributed by atoms with Crippen LogP contribution in [0.1, 0.15) is 38.8 Å². The number of thioether (sulfide) groups is 1. The molecule has 0 saturated carbocycles. The number of aldehydes is 3. The number of para-hydroxylation sites is 2. The first-order valence-electron chi connectivity index (χ1n) is 11.7. The average Bonchev–Trinajstić information content (AvgIpc) is 2.96. The number of aryl methyl sites for hydroxylation is 1. The van der Waals surface area contributed by atoms with Crippen molar-refractivity contribution in [1.82, 2.24) is 0 Å². The smallest absolute Gasteiger partial charge is 0.449 e. The van der Waals surface area contributed by atoms with Gasteiger partial charge in [-0.15, -0.1) is 11.8 Å². The zero-order chi connectivity index (χ0) is 28.2. The molecule has 0 saturated heterocycles. The normalized spacial score (nSPS) is 11.8. The zero-order valence-electron chi connectivity index (χ0n) is 21.6. The topological polar surface area (TPSA) is 97.4 Å². The fourth-order valence-electron chi connectivity index (χ4n) is 3.17. The third-order valence-corrected chi connectivity index (χ3v) is 7.84. The monoisotopic (exact) mass is 586 g/mol. The number of hydrogen-bond acceptors (Lipinski definition) is 9. The van der Waals surface area contributed by atoms with Crippen molar-refractivity contribution in [3.05, 3.63) is 95.1 Å². The van der Waals surface area contributed by atoms with Crippen LogP contribution in [-0.2, 0) is 20.4 Å². The molecule has 0 aromatic heterocycles. The van der Waals surface area contributed by atoms with Crippen molar-refractivity contribution in [2.75, 3.05) is 6.26 Å². The lowest BCUT2D eigenvalue weighted by atomic mass is 10.1. The average molecular weight is 587 g/mol. The van der Waals surface area contributed by atoms with E-state index < -0.39 is 23.7 Å². The molecule has 3 rings (SSSR count). The predicted molar refractivity (Wildman–Crippen MR) is 154 cm³/mol. The molecule has 11 heteroatoms. The van der Waals surface area contributed by atoms with Crippen LogP contribution in [0.25, 0.3) is 0 Å². The number of carbonyl (C=O) groups excluding carboxylic acids is 3. The molecule has 2 unspecified atom stereocenters. The predicted octanol–water partition coefficient (Wildman–Crippen LogP) is 7.29. The molecule has 0 aliphatic carbocycles. The Hall–Kier alpha value is -3.06. The van der Waals surface area contributed by atoms with Crippen molar-refractivity contribution >= 4 is 48.3 Å². The van der Waals surface area contributed by atoms with Crippen molar-refractivity contribution in [2.24, 2.45) is 0 Å². The maximum Gasteiger partial charge on any atom is 0.463 e. The van der Waals surface area contributed by atoms with Gasteiger partial charge in [-0.25, -0.2) is 0 Å². The van der Waals surface area contributed by atoms with Gasteiger partial charge in [0.15, 0.2) is 12.6 Å². The van der Waals surface area contributed by atoms with Crippen LogP contribution in [0.5, 0.6) is 17.2 Å². The lowest BCUT2D eigenvalue weighted by molar-refractivity contribution is -0.105. The van der Waals surface area contributed by atoms with Gasteiger partial charge >= 0.3 is 8.60 Å². The Balaban J connectivity index is 1.86. The second-order valence-corrected chi connectivity index (χ2v) is 10.6. The van der Waals surface area contributed by atoms with Gasteiger partial charge in [0.05, 0.1) is 23.8 Å². The summed E-state index contributed by atoms with van der Waals surface area (Å²) in [6.07, 6.45) is 3.49. The SMILES string of the molecule is C=C(C=O)C(C)OPOc1c(C)cc(SC)cc1COP(Oc1ccccc1C=O)Oc1ccccc1C=O. The summed E-state index contributed by atoms with van der Waals surface area (Å²) in [7, 11) is -2.50. The maximum atomic E-state index is 11.6. The van der Waals surface area contributed by atoms with Gasteiger partial charge in [0.2, 0.25) is 9.03 Å². The minimum atomic E-state index is -2.11. The third kappa shape index (κ3) is 8.72. The number of rotatable bonds is 16. The minimum absolute atomic E-state index is 0.0316. The van der Waals surface area contributed by atoms with Crippen LogP contribution in [0.15, 0.2) is 77.7 Å². The molecule has 0 fully saturated rings. The molecule has 0 aliphatic heterocycles. The first-order chi connectivity index (χ1) is 18.9. The highest BCUT2D eigenvalue weighted by atomic mass is 32.2. The van der Waals surface area contributed by atoms with Gasteiger partial charge in [0.25, 0.3) is 0 Å². The molecule has 8 nitrogen and oxygen atoms in total. The highest BCUT2D eigenvalue weighted by Gasteiger charge is 2.22. The number of benzene rings is 3. The van der Waals surface area contributed by atoms with E-state index in [0.29, 0.717) is 46.9 Å². The van der Waals surface area contributed by atoms with Gasteiger partial charge in [-0.05, 0) is 62.1 Å². The fourth-order valence-corrected chi connectivity index (χ4v) is 5.48. The summed E-state index contributed by atoms with van der Waals surface area (Å²) in [5.74, 6) is 1.13. The summed E-state index contributed by atoms with van der Waals surface area (Å²) < 4.78 is 29.7. The van der Waals surface area contributed by atoms with Gasteiger partial charge in [0, 0.05) is 16.0 Å². The van der Waals surface area contributed by atoms with Crippen molar-refractivity contribution < 1.29 is 37.0 Å². The largest absolute Gasteiger partial charge is 0.463 e. The van der Waals surface area contributed by atoms with Gasteiger partial charge in [-0.1, -0.05) is 30.8 Å². The van der Waals surface area contributed by atoms with E-state index in [1.807, 2.05) is 25.3 Å². The Kier molecular flexibility index (Phi) is 12.1. The summed E-state index contributed by atoms with van der Waals surface area (Å²) >= 11 is 1.57. The van der Waals surface area contributed by atoms with Gasteiger partial charge in [-0.2, -0.15) is 0 Å². The van der Waals surface area contributed by atoms with E-state index in [2.05, 4.69) is 6.58 Å². The van der Waals surface area contributed by atoms with Crippen LogP contribution in [-0.4, -0.2) is 31.2 Å². The molecule has 2 atom stereocenters. The Labute approximate surface area is 235 Å². The summed E-state index contributed by atoms with van der Waals surface area (Å²) in [6.45, 7) is 7.32. The van der Waals surface area contributed by atoms with E-state index in [1.54, 1.807) is 67.2 Å². The van der Waals surface area contributed by atoms with Gasteiger partial charge < -0.3 is 18.1 Å². The lowest BCUT2D eigenvalue weighted by Gasteiger charge is -2.21. The van der Waals surface area contributed by atoms with E-state index in [0.717, 1.165) is 10.5 Å². The third-order valence-electron chi connectivity index (χ3n) is 5.37. The van der Waals surface area contributed by atoms with E-state index in [1.165, 1.54) is 0 Å². The molecule has 3 aromatic carbocycles. The zero-order valence-corrected chi connectivity index (χ0v) is 24.3. The highest BCUT2D eigenvalue weighted by molar-refractivity contribution is 7.98. The van der Waals surface area contributed by atoms with Crippen molar-refractivity contribution in [3.8, 4) is 17.2 Å². The quantitative estimate of drug-likeness (QED) is 0.0742. The van der Waals surface area contributed by atoms with Crippen LogP contribution in [0.3, 0.4) is 0 Å². The molecular formula is C28H28O8P2S. The Morgan fingerprint density at radius 3 is 2.13 bits per heavy atom. The van der Waals surface area contributed by atoms with Crippen molar-refractivity contribution in [2.45, 2.75) is 31.5 Å². The molecule has 0 amide bonds. The first-order valence-corrected chi connectivity index (χ1v) is 14.8. The van der Waals surface area contributed by atoms with Gasteiger partial charge in [0.1, 0.15) is 23.5 Å². The van der Waals surface area contributed by atoms with Crippen molar-refractivity contribution in [1.29, 1.82) is 0 Å². The second kappa shape index (κ2) is 15.5. The van der Waals surface area contributed by atoms with Crippen LogP contribution in [0.4, 0.5) is 0 Å². The first kappa shape index (κ1) is 30.5. The van der Waals surface area contributed by atoms with E-state index >= 15 is 0 Å². The van der Waals surface area contributed by atoms with E-state index in [-0.39, 0.29) is 18.1 Å². The molecule has 0 aliphatic rings. The Bertz CT molecular complexity index is 1260. The highest BCUT2D eigenvalue weighted by Crippen LogP contribution is 2.45. The van der Waals surface area contributed by atoms with Gasteiger partial charge in [-0.3, -0.25) is 18.9 Å². The standard InChI is InChI=1S/C28H28O8P2S/c1-19-13-25(39-4)14-24(28(19)34-37-33-21(3)20(2)15-29)18-32-38(35-26-11-7-5-9-22(26)16-30)36-27-12-8-6-10-23(27)17-31/h5-17,21,37H,2,18H2,1,3-4H3. The van der Waals surface area contributed by atoms with E-state index in [4.69, 9.17) is 22.6 Å². The molecule has 204 valence electrons. The van der Waals surface area contributed by atoms with Crippen LogP contribution in [0.2, 0.25) is 0 Å². The molecular weight excluding hydrogens is 558 g/mol. The van der Waals surface area contributed by atoms with E-state index in [9.17, 15) is 14.4 Å². The van der Waals surface area contributed by atoms with Crippen LogP contribution in [0, 0.1) is 6.92 Å². The maximum absolute atomic E-state index is 11.6. The molecule has 3 aromatic rings. The summed E-state index contributed by atoms with van der Waals surface area (Å²) in [5.41, 5.74) is 2.55. The van der Waals surface area contributed by atoms with Crippen molar-refractivity contribution in [3.63, 3.8) is 0 Å². The lowest BCUT2D eigenvalue weighted by Crippen LogP contribution is -2.08. The molecule has 0 N–H and O–H groups in total. The summed E-state index contributed by atoms with van der Waals surface area (Å²) in [4.78, 5) is 35.1. The summed E-state index contributed by atoms with van der Waals surface area (Å²) in [5, 5.41) is 0. The minimum Gasteiger partial charge on any atom is -0.449 e. The Morgan fingerprint density at radius 1 is 1.00 bits per heavy atom. The summed E-state index contributed by atoms with van der Waals surface area (Å²) in [6, 6.07) is 17.3. The molecule has 39 heavy (non-hydrogen) atoms. The second-order valence-electron chi connectivity index (χ2n) is 8.06. The molecule has 0 bridgehead atoms. The van der Waals surface area contributed by atoms with Crippen LogP contribution < -0.4 is 13.6 Å². The molecule has 0 heterocycles. The number of hydrogen-bond donors (Lipinski definition) is 0.